The maximum absolute atomic E-state index is 13.2. The molecule has 1 fully saturated rings. The molecule has 0 saturated carbocycles. The number of fused-ring (bicyclic) bond motifs is 1. The van der Waals surface area contributed by atoms with E-state index >= 15 is 0 Å². The smallest absolute Gasteiger partial charge is 0.243 e. The highest BCUT2D eigenvalue weighted by Gasteiger charge is 2.40. The summed E-state index contributed by atoms with van der Waals surface area (Å²) in [6.07, 6.45) is 1.01. The highest BCUT2D eigenvalue weighted by atomic mass is 32.2. The van der Waals surface area contributed by atoms with Crippen molar-refractivity contribution >= 4 is 27.0 Å². The van der Waals surface area contributed by atoms with Crippen LogP contribution in [0.2, 0.25) is 0 Å². The number of rotatable bonds is 6. The second-order valence-electron chi connectivity index (χ2n) is 8.10. The van der Waals surface area contributed by atoms with Crippen molar-refractivity contribution in [2.75, 3.05) is 6.54 Å². The van der Waals surface area contributed by atoms with Gasteiger partial charge in [-0.25, -0.2) is 17.8 Å². The number of imidazole rings is 1. The normalized spacial score (nSPS) is 18.5. The van der Waals surface area contributed by atoms with Crippen LogP contribution in [-0.4, -0.2) is 41.2 Å². The number of nitrogens with zero attached hydrogens (tertiary/aromatic N) is 2. The van der Waals surface area contributed by atoms with E-state index in [4.69, 9.17) is 0 Å². The van der Waals surface area contributed by atoms with Crippen molar-refractivity contribution in [3.63, 3.8) is 0 Å². The Balaban J connectivity index is 1.57. The van der Waals surface area contributed by atoms with Gasteiger partial charge in [0.05, 0.1) is 22.0 Å². The zero-order valence-corrected chi connectivity index (χ0v) is 18.2. The van der Waals surface area contributed by atoms with Gasteiger partial charge < -0.3 is 10.3 Å². The molecule has 1 aliphatic heterocycles. The van der Waals surface area contributed by atoms with E-state index in [1.54, 1.807) is 0 Å². The molecule has 1 aliphatic rings. The predicted octanol–water partition coefficient (Wildman–Crippen LogP) is 3.37. The molecule has 2 heterocycles. The summed E-state index contributed by atoms with van der Waals surface area (Å²) in [6, 6.07) is 11.1. The van der Waals surface area contributed by atoms with Gasteiger partial charge in [0.1, 0.15) is 17.7 Å². The fourth-order valence-electron chi connectivity index (χ4n) is 3.95. The molecule has 1 saturated heterocycles. The zero-order valence-electron chi connectivity index (χ0n) is 17.4. The van der Waals surface area contributed by atoms with Crippen LogP contribution >= 0.6 is 0 Å². The van der Waals surface area contributed by atoms with Crippen molar-refractivity contribution in [1.29, 1.82) is 0 Å². The van der Waals surface area contributed by atoms with Crippen LogP contribution in [0.4, 0.5) is 4.39 Å². The third kappa shape index (κ3) is 4.20. The molecule has 0 bridgehead atoms. The van der Waals surface area contributed by atoms with Gasteiger partial charge in [0.15, 0.2) is 0 Å². The second kappa shape index (κ2) is 8.39. The SMILES string of the molecule is CC(C)[C@@H](NC(=O)[C@@H]1CCCN1S(=O)(=O)c1ccc(F)cc1)c1nc2ccccc2[nH]1. The molecule has 0 radical (unpaired) electrons. The third-order valence-corrected chi connectivity index (χ3v) is 7.52. The molecular weight excluding hydrogens is 419 g/mol. The van der Waals surface area contributed by atoms with E-state index in [9.17, 15) is 17.6 Å². The molecule has 4 rings (SSSR count). The largest absolute Gasteiger partial charge is 0.344 e. The van der Waals surface area contributed by atoms with Gasteiger partial charge in [0.25, 0.3) is 0 Å². The topological polar surface area (TPSA) is 95.2 Å². The Kier molecular flexibility index (Phi) is 5.81. The van der Waals surface area contributed by atoms with Gasteiger partial charge in [-0.2, -0.15) is 4.31 Å². The fourth-order valence-corrected chi connectivity index (χ4v) is 5.61. The number of hydrogen-bond donors (Lipinski definition) is 2. The summed E-state index contributed by atoms with van der Waals surface area (Å²) in [7, 11) is -3.91. The lowest BCUT2D eigenvalue weighted by molar-refractivity contribution is -0.125. The van der Waals surface area contributed by atoms with Crippen LogP contribution in [0.5, 0.6) is 0 Å². The van der Waals surface area contributed by atoms with E-state index in [-0.39, 0.29) is 23.3 Å². The van der Waals surface area contributed by atoms with Crippen molar-refractivity contribution in [3.05, 3.63) is 60.2 Å². The average molecular weight is 445 g/mol. The molecular formula is C22H25FN4O3S. The Bertz CT molecular complexity index is 1160. The Labute approximate surface area is 180 Å². The molecule has 0 unspecified atom stereocenters. The molecule has 0 spiro atoms. The van der Waals surface area contributed by atoms with Gasteiger partial charge in [-0.05, 0) is 55.2 Å². The van der Waals surface area contributed by atoms with Crippen LogP contribution < -0.4 is 5.32 Å². The lowest BCUT2D eigenvalue weighted by Crippen LogP contribution is -2.47. The second-order valence-corrected chi connectivity index (χ2v) is 9.99. The lowest BCUT2D eigenvalue weighted by atomic mass is 10.0. The van der Waals surface area contributed by atoms with Gasteiger partial charge in [-0.1, -0.05) is 26.0 Å². The lowest BCUT2D eigenvalue weighted by Gasteiger charge is -2.27. The first-order valence-corrected chi connectivity index (χ1v) is 11.7. The number of sulfonamides is 1. The zero-order chi connectivity index (χ0) is 22.2. The van der Waals surface area contributed by atoms with E-state index in [0.29, 0.717) is 18.7 Å². The van der Waals surface area contributed by atoms with E-state index in [0.717, 1.165) is 23.2 Å². The highest BCUT2D eigenvalue weighted by molar-refractivity contribution is 7.89. The number of para-hydroxylation sites is 2. The first kappa shape index (κ1) is 21.5. The molecule has 9 heteroatoms. The Hall–Kier alpha value is -2.78. The van der Waals surface area contributed by atoms with Crippen molar-refractivity contribution in [3.8, 4) is 0 Å². The van der Waals surface area contributed by atoms with Crippen LogP contribution in [0.3, 0.4) is 0 Å². The number of nitrogens with one attached hydrogen (secondary N) is 2. The summed E-state index contributed by atoms with van der Waals surface area (Å²) in [5, 5.41) is 3.00. The molecule has 7 nitrogen and oxygen atoms in total. The van der Waals surface area contributed by atoms with E-state index in [1.807, 2.05) is 38.1 Å². The van der Waals surface area contributed by atoms with Crippen LogP contribution in [0.1, 0.15) is 38.6 Å². The van der Waals surface area contributed by atoms with Gasteiger partial charge in [0.2, 0.25) is 15.9 Å². The summed E-state index contributed by atoms with van der Waals surface area (Å²) in [6.45, 7) is 4.19. The summed E-state index contributed by atoms with van der Waals surface area (Å²) in [5.41, 5.74) is 1.68. The maximum Gasteiger partial charge on any atom is 0.243 e. The van der Waals surface area contributed by atoms with E-state index < -0.39 is 27.9 Å². The third-order valence-electron chi connectivity index (χ3n) is 5.59. The quantitative estimate of drug-likeness (QED) is 0.609. The number of H-pyrrole nitrogens is 1. The van der Waals surface area contributed by atoms with Crippen molar-refractivity contribution in [1.82, 2.24) is 19.6 Å². The summed E-state index contributed by atoms with van der Waals surface area (Å²) >= 11 is 0. The molecule has 2 atom stereocenters. The molecule has 164 valence electrons. The number of carbonyl (C=O) groups excluding carboxylic acids is 1. The fraction of sp³-hybridized carbons (Fsp3) is 0.364. The number of aromatic amines is 1. The maximum atomic E-state index is 13.2. The van der Waals surface area contributed by atoms with Gasteiger partial charge in [-0.3, -0.25) is 4.79 Å². The molecule has 2 N–H and O–H groups in total. The Morgan fingerprint density at radius 2 is 1.90 bits per heavy atom. The minimum atomic E-state index is -3.91. The minimum absolute atomic E-state index is 0.0220. The molecule has 1 aromatic heterocycles. The number of halogens is 1. The van der Waals surface area contributed by atoms with Crippen LogP contribution in [0.25, 0.3) is 11.0 Å². The first-order valence-electron chi connectivity index (χ1n) is 10.3. The van der Waals surface area contributed by atoms with Crippen LogP contribution in [0, 0.1) is 11.7 Å². The first-order chi connectivity index (χ1) is 14.8. The highest BCUT2D eigenvalue weighted by Crippen LogP contribution is 2.28. The molecule has 31 heavy (non-hydrogen) atoms. The van der Waals surface area contributed by atoms with Crippen molar-refractivity contribution < 1.29 is 17.6 Å². The van der Waals surface area contributed by atoms with Crippen molar-refractivity contribution in [2.45, 2.75) is 43.7 Å². The summed E-state index contributed by atoms with van der Waals surface area (Å²) in [4.78, 5) is 21.0. The predicted molar refractivity (Wildman–Crippen MR) is 115 cm³/mol. The Morgan fingerprint density at radius 1 is 1.19 bits per heavy atom. The number of amides is 1. The number of aromatic nitrogens is 2. The minimum Gasteiger partial charge on any atom is -0.344 e. The Morgan fingerprint density at radius 3 is 2.58 bits per heavy atom. The number of carbonyl (C=O) groups is 1. The van der Waals surface area contributed by atoms with E-state index in [2.05, 4.69) is 15.3 Å². The van der Waals surface area contributed by atoms with Gasteiger partial charge >= 0.3 is 0 Å². The molecule has 0 aliphatic carbocycles. The van der Waals surface area contributed by atoms with Crippen LogP contribution in [-0.2, 0) is 14.8 Å². The van der Waals surface area contributed by atoms with Crippen LogP contribution in [0.15, 0.2) is 53.4 Å². The monoisotopic (exact) mass is 444 g/mol. The summed E-state index contributed by atoms with van der Waals surface area (Å²) in [5.74, 6) is -0.203. The summed E-state index contributed by atoms with van der Waals surface area (Å²) < 4.78 is 40.6. The standard InChI is InChI=1S/C22H25FN4O3S/c1-14(2)20(21-24-17-6-3-4-7-18(17)25-21)26-22(28)19-8-5-13-27(19)31(29,30)16-11-9-15(23)10-12-16/h3-4,6-7,9-12,14,19-20H,5,8,13H2,1-2H3,(H,24,25)(H,26,28)/t19-,20+/m0/s1. The molecule has 2 aromatic carbocycles. The number of benzene rings is 2. The van der Waals surface area contributed by atoms with Crippen molar-refractivity contribution in [2.24, 2.45) is 5.92 Å². The van der Waals surface area contributed by atoms with Gasteiger partial charge in [0, 0.05) is 6.54 Å². The molecule has 3 aromatic rings. The average Bonchev–Trinajstić information content (AvgIpc) is 3.39. The molecule has 1 amide bonds. The number of hydrogen-bond acceptors (Lipinski definition) is 4. The van der Waals surface area contributed by atoms with E-state index in [1.165, 1.54) is 16.4 Å². The van der Waals surface area contributed by atoms with Gasteiger partial charge in [-0.15, -0.1) is 0 Å².